The fraction of sp³-hybridized carbons (Fsp3) is 1.00. The lowest BCUT2D eigenvalue weighted by molar-refractivity contribution is 0.0508. The molecule has 0 heterocycles. The number of nitrogens with zero attached hydrogens (tertiary/aromatic N) is 3. The second kappa shape index (κ2) is 21.9. The van der Waals surface area contributed by atoms with Crippen molar-refractivity contribution in [3.05, 3.63) is 0 Å². The second-order valence-electron chi connectivity index (χ2n) is 10.1. The van der Waals surface area contributed by atoms with Crippen LogP contribution in [0.15, 0.2) is 0 Å². The van der Waals surface area contributed by atoms with E-state index in [9.17, 15) is 0 Å². The molecule has 0 spiro atoms. The van der Waals surface area contributed by atoms with Gasteiger partial charge in [-0.1, -0.05) is 41.5 Å². The van der Waals surface area contributed by atoms with Crippen LogP contribution < -0.4 is 0 Å². The van der Waals surface area contributed by atoms with Gasteiger partial charge in [-0.2, -0.15) is 0 Å². The molecular weight excluding hydrogens is 466 g/mol. The summed E-state index contributed by atoms with van der Waals surface area (Å²) in [5.74, 6) is 0. The van der Waals surface area contributed by atoms with Crippen molar-refractivity contribution in [2.75, 3.05) is 78.7 Å². The van der Waals surface area contributed by atoms with Crippen molar-refractivity contribution >= 4 is 8.80 Å². The monoisotopic (exact) mass is 531 g/mol. The maximum absolute atomic E-state index is 6.44. The van der Waals surface area contributed by atoms with Crippen molar-refractivity contribution < 1.29 is 13.3 Å². The van der Waals surface area contributed by atoms with Crippen LogP contribution in [0.2, 0.25) is 6.04 Å². The fourth-order valence-electron chi connectivity index (χ4n) is 5.69. The lowest BCUT2D eigenvalue weighted by atomic mass is 9.76. The molecule has 0 aliphatic rings. The minimum Gasteiger partial charge on any atom is -0.374 e. The summed E-state index contributed by atoms with van der Waals surface area (Å²) >= 11 is 0. The van der Waals surface area contributed by atoms with Gasteiger partial charge in [0, 0.05) is 25.9 Å². The van der Waals surface area contributed by atoms with Crippen LogP contribution in [-0.2, 0) is 13.3 Å². The van der Waals surface area contributed by atoms with Gasteiger partial charge in [-0.3, -0.25) is 0 Å². The fourth-order valence-corrected chi connectivity index (χ4v) is 9.01. The molecule has 6 nitrogen and oxygen atoms in total. The molecule has 0 radical (unpaired) electrons. The maximum Gasteiger partial charge on any atom is 0.501 e. The third-order valence-corrected chi connectivity index (χ3v) is 11.3. The SMILES string of the molecule is CCO[Si](CC(CCCN(CC)CC)(CCCN(CC)CC)CCCN(CC)CC)(OCC)OCC. The number of rotatable bonds is 26. The predicted octanol–water partition coefficient (Wildman–Crippen LogP) is 6.39. The molecule has 0 aliphatic carbocycles. The molecule has 218 valence electrons. The van der Waals surface area contributed by atoms with E-state index < -0.39 is 8.80 Å². The Hall–Kier alpha value is -0.0231. The van der Waals surface area contributed by atoms with Crippen LogP contribution in [-0.4, -0.2) is 102 Å². The van der Waals surface area contributed by atoms with Gasteiger partial charge < -0.3 is 28.0 Å². The average molecular weight is 532 g/mol. The van der Waals surface area contributed by atoms with E-state index in [2.05, 4.69) is 77.0 Å². The van der Waals surface area contributed by atoms with E-state index in [1.807, 2.05) is 0 Å². The number of hydrogen-bond acceptors (Lipinski definition) is 6. The third kappa shape index (κ3) is 14.2. The standard InChI is InChI=1S/C29H65N3O3Si/c1-10-30(11-2)25-19-22-29(23-20-26-31(12-3)13-4,24-21-27-32(14-5)15-6)28-36(33-16-7,34-17-8)35-18-9/h10-28H2,1-9H3. The van der Waals surface area contributed by atoms with Gasteiger partial charge in [0.2, 0.25) is 0 Å². The highest BCUT2D eigenvalue weighted by Gasteiger charge is 2.48. The lowest BCUT2D eigenvalue weighted by Gasteiger charge is -2.41. The molecule has 0 saturated heterocycles. The van der Waals surface area contributed by atoms with Crippen LogP contribution in [0.3, 0.4) is 0 Å². The Morgan fingerprint density at radius 2 is 0.750 bits per heavy atom. The molecule has 0 aromatic rings. The quantitative estimate of drug-likeness (QED) is 0.120. The van der Waals surface area contributed by atoms with Gasteiger partial charge in [0.05, 0.1) is 0 Å². The zero-order valence-electron chi connectivity index (χ0n) is 26.0. The van der Waals surface area contributed by atoms with E-state index in [4.69, 9.17) is 13.3 Å². The first-order valence-electron chi connectivity index (χ1n) is 15.5. The zero-order chi connectivity index (χ0) is 27.3. The second-order valence-corrected chi connectivity index (χ2v) is 12.6. The molecule has 0 amide bonds. The van der Waals surface area contributed by atoms with Crippen molar-refractivity contribution in [1.29, 1.82) is 0 Å². The van der Waals surface area contributed by atoms with Crippen LogP contribution in [0, 0.1) is 5.41 Å². The Labute approximate surface area is 227 Å². The molecule has 0 atom stereocenters. The van der Waals surface area contributed by atoms with Crippen LogP contribution in [0.5, 0.6) is 0 Å². The molecule has 0 bridgehead atoms. The van der Waals surface area contributed by atoms with Crippen molar-refractivity contribution in [1.82, 2.24) is 14.7 Å². The van der Waals surface area contributed by atoms with Gasteiger partial charge in [0.25, 0.3) is 0 Å². The molecule has 36 heavy (non-hydrogen) atoms. The Balaban J connectivity index is 6.02. The minimum atomic E-state index is -2.75. The van der Waals surface area contributed by atoms with Crippen LogP contribution in [0.25, 0.3) is 0 Å². The Morgan fingerprint density at radius 1 is 0.472 bits per heavy atom. The van der Waals surface area contributed by atoms with E-state index in [1.54, 1.807) is 0 Å². The highest BCUT2D eigenvalue weighted by molar-refractivity contribution is 6.60. The summed E-state index contributed by atoms with van der Waals surface area (Å²) in [6.45, 7) is 32.2. The predicted molar refractivity (Wildman–Crippen MR) is 159 cm³/mol. The largest absolute Gasteiger partial charge is 0.501 e. The Kier molecular flexibility index (Phi) is 21.8. The van der Waals surface area contributed by atoms with E-state index in [-0.39, 0.29) is 5.41 Å². The third-order valence-electron chi connectivity index (χ3n) is 7.91. The molecule has 0 aromatic carbocycles. The van der Waals surface area contributed by atoms with Gasteiger partial charge in [-0.05, 0) is 124 Å². The highest BCUT2D eigenvalue weighted by atomic mass is 28.4. The molecule has 0 unspecified atom stereocenters. The highest BCUT2D eigenvalue weighted by Crippen LogP contribution is 2.44. The Morgan fingerprint density at radius 3 is 0.972 bits per heavy atom. The van der Waals surface area contributed by atoms with Crippen molar-refractivity contribution in [3.8, 4) is 0 Å². The van der Waals surface area contributed by atoms with Crippen LogP contribution in [0.1, 0.15) is 101 Å². The smallest absolute Gasteiger partial charge is 0.374 e. The lowest BCUT2D eigenvalue weighted by Crippen LogP contribution is -2.50. The molecule has 7 heteroatoms. The molecule has 0 N–H and O–H groups in total. The van der Waals surface area contributed by atoms with Crippen LogP contribution >= 0.6 is 0 Å². The summed E-state index contributed by atoms with van der Waals surface area (Å²) < 4.78 is 19.3. The normalized spacial score (nSPS) is 13.0. The molecule has 0 aromatic heterocycles. The number of hydrogen-bond donors (Lipinski definition) is 0. The first-order valence-corrected chi connectivity index (χ1v) is 17.4. The Bertz CT molecular complexity index is 424. The van der Waals surface area contributed by atoms with E-state index >= 15 is 0 Å². The van der Waals surface area contributed by atoms with Crippen molar-refractivity contribution in [2.45, 2.75) is 107 Å². The van der Waals surface area contributed by atoms with Gasteiger partial charge in [0.15, 0.2) is 0 Å². The van der Waals surface area contributed by atoms with Gasteiger partial charge in [-0.15, -0.1) is 0 Å². The minimum absolute atomic E-state index is 0.194. The zero-order valence-corrected chi connectivity index (χ0v) is 27.0. The van der Waals surface area contributed by atoms with Crippen LogP contribution in [0.4, 0.5) is 0 Å². The van der Waals surface area contributed by atoms with Gasteiger partial charge >= 0.3 is 8.80 Å². The molecule has 0 rings (SSSR count). The van der Waals surface area contributed by atoms with E-state index in [1.165, 1.54) is 58.2 Å². The van der Waals surface area contributed by atoms with Gasteiger partial charge in [-0.25, -0.2) is 0 Å². The van der Waals surface area contributed by atoms with E-state index in [0.717, 1.165) is 45.3 Å². The van der Waals surface area contributed by atoms with Crippen molar-refractivity contribution in [3.63, 3.8) is 0 Å². The summed E-state index contributed by atoms with van der Waals surface area (Å²) in [6, 6.07) is 0.949. The summed E-state index contributed by atoms with van der Waals surface area (Å²) in [5, 5.41) is 0. The topological polar surface area (TPSA) is 37.4 Å². The molecule has 0 aliphatic heterocycles. The molecule has 0 saturated carbocycles. The summed E-state index contributed by atoms with van der Waals surface area (Å²) in [4.78, 5) is 7.69. The summed E-state index contributed by atoms with van der Waals surface area (Å²) in [7, 11) is -2.75. The van der Waals surface area contributed by atoms with Gasteiger partial charge in [0.1, 0.15) is 0 Å². The molecular formula is C29H65N3O3Si. The summed E-state index contributed by atoms with van der Waals surface area (Å²) in [6.07, 6.45) is 7.36. The average Bonchev–Trinajstić information content (AvgIpc) is 2.87. The molecule has 0 fully saturated rings. The maximum atomic E-state index is 6.44. The first-order chi connectivity index (χ1) is 17.4. The summed E-state index contributed by atoms with van der Waals surface area (Å²) in [5.41, 5.74) is 0.194. The van der Waals surface area contributed by atoms with Crippen molar-refractivity contribution in [2.24, 2.45) is 5.41 Å². The first kappa shape index (κ1) is 36.0. The van der Waals surface area contributed by atoms with E-state index in [0.29, 0.717) is 19.8 Å².